The number of hydrogen-bond acceptors (Lipinski definition) is 8. The fourth-order valence-corrected chi connectivity index (χ4v) is 6.00. The second-order valence-corrected chi connectivity index (χ2v) is 12.1. The highest BCUT2D eigenvalue weighted by atomic mass is 35.5. The Labute approximate surface area is 287 Å². The second kappa shape index (κ2) is 17.7. The van der Waals surface area contributed by atoms with Gasteiger partial charge in [-0.2, -0.15) is 5.06 Å². The van der Waals surface area contributed by atoms with Crippen molar-refractivity contribution in [2.75, 3.05) is 53.0 Å². The highest BCUT2D eigenvalue weighted by Gasteiger charge is 2.26. The van der Waals surface area contributed by atoms with Crippen molar-refractivity contribution in [1.82, 2.24) is 14.9 Å². The van der Waals surface area contributed by atoms with Gasteiger partial charge in [-0.3, -0.25) is 15.0 Å². The van der Waals surface area contributed by atoms with Crippen molar-refractivity contribution >= 4 is 23.7 Å². The lowest BCUT2D eigenvalue weighted by Gasteiger charge is -2.39. The van der Waals surface area contributed by atoms with E-state index < -0.39 is 12.1 Å². The molecule has 1 saturated heterocycles. The summed E-state index contributed by atoms with van der Waals surface area (Å²) >= 11 is 6.19. The number of para-hydroxylation sites is 1. The Morgan fingerprint density at radius 3 is 2.21 bits per heavy atom. The third kappa shape index (κ3) is 9.81. The lowest BCUT2D eigenvalue weighted by molar-refractivity contribution is -0.0610. The fraction of sp³-hybridized carbons (Fsp3) is 0.316. The van der Waals surface area contributed by atoms with Gasteiger partial charge in [0.15, 0.2) is 0 Å². The number of nitrogens with zero attached hydrogens (tertiary/aromatic N) is 3. The molecule has 48 heavy (non-hydrogen) atoms. The van der Waals surface area contributed by atoms with Gasteiger partial charge in [0.05, 0.1) is 19.7 Å². The minimum atomic E-state index is -0.827. The Morgan fingerprint density at radius 2 is 1.52 bits per heavy atom. The van der Waals surface area contributed by atoms with Crippen molar-refractivity contribution in [2.45, 2.75) is 25.3 Å². The summed E-state index contributed by atoms with van der Waals surface area (Å²) in [5.74, 6) is 0.394. The molecule has 4 aromatic carbocycles. The number of aryl methyl sites for hydroxylation is 1. The maximum atomic E-state index is 12.6. The Kier molecular flexibility index (Phi) is 12.8. The molecule has 1 N–H and O–H groups in total. The van der Waals surface area contributed by atoms with E-state index in [2.05, 4.69) is 46.2 Å². The molecule has 0 aromatic heterocycles. The van der Waals surface area contributed by atoms with Crippen LogP contribution in [-0.2, 0) is 11.2 Å². The van der Waals surface area contributed by atoms with Gasteiger partial charge in [0.2, 0.25) is 0 Å². The molecule has 1 atom stereocenters. The molecule has 0 bridgehead atoms. The summed E-state index contributed by atoms with van der Waals surface area (Å²) in [6.07, 6.45) is 1.05. The second-order valence-electron chi connectivity index (χ2n) is 11.7. The largest absolute Gasteiger partial charge is 0.491 e. The summed E-state index contributed by atoms with van der Waals surface area (Å²) in [5, 5.41) is 11.4. The first-order valence-electron chi connectivity index (χ1n) is 16.3. The Bertz CT molecular complexity index is 1600. The molecule has 1 aliphatic heterocycles. The lowest BCUT2D eigenvalue weighted by Crippen LogP contribution is -2.48. The van der Waals surface area contributed by atoms with Crippen LogP contribution >= 0.6 is 11.6 Å². The number of hydrogen-bond donors (Lipinski definition) is 1. The topological polar surface area (TPSA) is 91.8 Å². The van der Waals surface area contributed by atoms with Gasteiger partial charge in [0.1, 0.15) is 23.7 Å². The van der Waals surface area contributed by atoms with Gasteiger partial charge in [-0.15, -0.1) is 0 Å². The Morgan fingerprint density at radius 1 is 0.854 bits per heavy atom. The number of carbonyl (C=O) groups is 2. The molecule has 9 nitrogen and oxygen atoms in total. The third-order valence-corrected chi connectivity index (χ3v) is 8.68. The molecular formula is C38H42ClN3O6. The lowest BCUT2D eigenvalue weighted by atomic mass is 9.96. The predicted molar refractivity (Wildman–Crippen MR) is 185 cm³/mol. The van der Waals surface area contributed by atoms with Crippen molar-refractivity contribution in [2.24, 2.45) is 0 Å². The molecular weight excluding hydrogens is 630 g/mol. The zero-order valence-corrected chi connectivity index (χ0v) is 27.9. The average molecular weight is 672 g/mol. The number of amides is 1. The van der Waals surface area contributed by atoms with Crippen LogP contribution in [-0.4, -0.2) is 85.1 Å². The number of hydroxylamine groups is 2. The van der Waals surface area contributed by atoms with Gasteiger partial charge >= 0.3 is 12.1 Å². The van der Waals surface area contributed by atoms with Gasteiger partial charge in [0, 0.05) is 37.7 Å². The average Bonchev–Trinajstić information content (AvgIpc) is 3.12. The van der Waals surface area contributed by atoms with Crippen LogP contribution in [0.5, 0.6) is 11.5 Å². The van der Waals surface area contributed by atoms with E-state index in [0.29, 0.717) is 48.0 Å². The van der Waals surface area contributed by atoms with Crippen LogP contribution < -0.4 is 9.47 Å². The van der Waals surface area contributed by atoms with Crippen LogP contribution in [0.15, 0.2) is 103 Å². The smallest absolute Gasteiger partial charge is 0.439 e. The standard InChI is InChI=1S/C38H42ClN3O6/c1-46-37(43)34-28-29(10-8-9-21-42(45)38(44)48-33-13-6-3-7-14-33)15-20-35(34)47-27-26-40-22-24-41(25-23-40)36(30-11-4-2-5-12-30)31-16-18-32(39)19-17-31/h2-7,11-20,28,36,45H,8-10,21-27H2,1H3. The van der Waals surface area contributed by atoms with Gasteiger partial charge in [-0.1, -0.05) is 78.3 Å². The molecule has 252 valence electrons. The third-order valence-electron chi connectivity index (χ3n) is 8.43. The van der Waals surface area contributed by atoms with Crippen molar-refractivity contribution in [3.05, 3.63) is 130 Å². The highest BCUT2D eigenvalue weighted by molar-refractivity contribution is 6.30. The van der Waals surface area contributed by atoms with Crippen LogP contribution in [0.3, 0.4) is 0 Å². The van der Waals surface area contributed by atoms with E-state index in [1.165, 1.54) is 18.2 Å². The number of halogens is 1. The quantitative estimate of drug-likeness (QED) is 0.0656. The number of esters is 1. The van der Waals surface area contributed by atoms with Crippen molar-refractivity contribution < 1.29 is 29.0 Å². The molecule has 0 radical (unpaired) electrons. The number of piperazine rings is 1. The minimum absolute atomic E-state index is 0.124. The number of carbonyl (C=O) groups excluding carboxylic acids is 2. The number of rotatable bonds is 14. The summed E-state index contributed by atoms with van der Waals surface area (Å²) in [5.41, 5.74) is 3.79. The maximum Gasteiger partial charge on any atom is 0.439 e. The van der Waals surface area contributed by atoms with Crippen LogP contribution in [0.25, 0.3) is 0 Å². The van der Waals surface area contributed by atoms with E-state index in [1.54, 1.807) is 30.3 Å². The maximum absolute atomic E-state index is 12.6. The van der Waals surface area contributed by atoms with Crippen LogP contribution in [0.4, 0.5) is 4.79 Å². The summed E-state index contributed by atoms with van der Waals surface area (Å²) in [4.78, 5) is 29.6. The van der Waals surface area contributed by atoms with E-state index in [4.69, 9.17) is 25.8 Å². The SMILES string of the molecule is COC(=O)c1cc(CCCCN(O)C(=O)Oc2ccccc2)ccc1OCCN1CCN(C(c2ccccc2)c2ccc(Cl)cc2)CC1. The summed E-state index contributed by atoms with van der Waals surface area (Å²) < 4.78 is 16.3. The monoisotopic (exact) mass is 671 g/mol. The minimum Gasteiger partial charge on any atom is -0.491 e. The molecule has 0 spiro atoms. The number of benzene rings is 4. The van der Waals surface area contributed by atoms with Gasteiger partial charge in [0.25, 0.3) is 0 Å². The van der Waals surface area contributed by atoms with Crippen molar-refractivity contribution in [1.29, 1.82) is 0 Å². The predicted octanol–water partition coefficient (Wildman–Crippen LogP) is 7.13. The van der Waals surface area contributed by atoms with Gasteiger partial charge in [-0.25, -0.2) is 9.59 Å². The summed E-state index contributed by atoms with van der Waals surface area (Å²) in [7, 11) is 1.36. The van der Waals surface area contributed by atoms with E-state index >= 15 is 0 Å². The molecule has 1 aliphatic rings. The van der Waals surface area contributed by atoms with Crippen LogP contribution in [0.1, 0.15) is 45.9 Å². The summed E-state index contributed by atoms with van der Waals surface area (Å²) in [6.45, 7) is 4.92. The molecule has 0 saturated carbocycles. The number of unbranched alkanes of at least 4 members (excludes halogenated alkanes) is 1. The van der Waals surface area contributed by atoms with Crippen molar-refractivity contribution in [3.63, 3.8) is 0 Å². The normalized spacial score (nSPS) is 14.2. The first kappa shape index (κ1) is 34.9. The van der Waals surface area contributed by atoms with Crippen LogP contribution in [0.2, 0.25) is 5.02 Å². The molecule has 1 unspecified atom stereocenters. The van der Waals surface area contributed by atoms with E-state index in [-0.39, 0.29) is 12.6 Å². The van der Waals surface area contributed by atoms with Gasteiger partial charge < -0.3 is 14.2 Å². The van der Waals surface area contributed by atoms with E-state index in [9.17, 15) is 14.8 Å². The first-order chi connectivity index (χ1) is 23.4. The van der Waals surface area contributed by atoms with Gasteiger partial charge in [-0.05, 0) is 72.4 Å². The summed E-state index contributed by atoms with van der Waals surface area (Å²) in [6, 6.07) is 33.0. The zero-order valence-electron chi connectivity index (χ0n) is 27.2. The highest BCUT2D eigenvalue weighted by Crippen LogP contribution is 2.30. The fourth-order valence-electron chi connectivity index (χ4n) is 5.88. The Hall–Kier alpha value is -4.41. The molecule has 10 heteroatoms. The number of methoxy groups -OCH3 is 1. The van der Waals surface area contributed by atoms with E-state index in [0.717, 1.165) is 43.3 Å². The first-order valence-corrected chi connectivity index (χ1v) is 16.6. The van der Waals surface area contributed by atoms with Crippen molar-refractivity contribution in [3.8, 4) is 11.5 Å². The molecule has 0 aliphatic carbocycles. The molecule has 1 heterocycles. The van der Waals surface area contributed by atoms with E-state index in [1.807, 2.05) is 36.4 Å². The number of ether oxygens (including phenoxy) is 3. The zero-order chi connectivity index (χ0) is 33.7. The molecule has 1 amide bonds. The molecule has 5 rings (SSSR count). The van der Waals surface area contributed by atoms with Crippen LogP contribution in [0, 0.1) is 0 Å². The molecule has 4 aromatic rings. The molecule has 1 fully saturated rings. The Balaban J connectivity index is 1.09.